The molecule has 0 aromatic carbocycles. The molecule has 116 valence electrons. The Hall–Kier alpha value is -0.590. The topological polar surface area (TPSA) is 39.1 Å². The van der Waals surface area contributed by atoms with Crippen LogP contribution in [0.25, 0.3) is 0 Å². The van der Waals surface area contributed by atoms with Gasteiger partial charge in [-0.1, -0.05) is 26.7 Å². The molecule has 1 fully saturated rings. The fourth-order valence-corrected chi connectivity index (χ4v) is 3.33. The third-order valence-electron chi connectivity index (χ3n) is 4.19. The fourth-order valence-electron chi connectivity index (χ4n) is 3.33. The Morgan fingerprint density at radius 1 is 1.25 bits per heavy atom. The Labute approximate surface area is 125 Å². The lowest BCUT2D eigenvalue weighted by molar-refractivity contribution is 0.161. The van der Waals surface area contributed by atoms with E-state index in [9.17, 15) is 5.26 Å². The van der Waals surface area contributed by atoms with E-state index in [-0.39, 0.29) is 0 Å². The van der Waals surface area contributed by atoms with Gasteiger partial charge in [-0.05, 0) is 46.0 Å². The lowest BCUT2D eigenvalue weighted by Gasteiger charge is -2.34. The van der Waals surface area contributed by atoms with E-state index in [1.807, 2.05) is 6.92 Å². The second-order valence-corrected chi connectivity index (χ2v) is 7.32. The van der Waals surface area contributed by atoms with E-state index in [0.29, 0.717) is 12.0 Å². The number of hydrogen-bond donors (Lipinski definition) is 1. The Morgan fingerprint density at radius 2 is 1.85 bits per heavy atom. The minimum Gasteiger partial charge on any atom is -0.300 e. The monoisotopic (exact) mass is 279 g/mol. The molecule has 0 aromatic rings. The SMILES string of the molecule is CC(C)CN(CCC(C)(C#N)NC(C)C)C1CCCC1. The zero-order valence-corrected chi connectivity index (χ0v) is 14.1. The number of nitriles is 1. The van der Waals surface area contributed by atoms with E-state index in [0.717, 1.165) is 25.6 Å². The first-order valence-electron chi connectivity index (χ1n) is 8.29. The first-order valence-corrected chi connectivity index (χ1v) is 8.29. The third-order valence-corrected chi connectivity index (χ3v) is 4.19. The van der Waals surface area contributed by atoms with Crippen LogP contribution in [0.5, 0.6) is 0 Å². The van der Waals surface area contributed by atoms with Gasteiger partial charge in [0.2, 0.25) is 0 Å². The van der Waals surface area contributed by atoms with Crippen LogP contribution < -0.4 is 5.32 Å². The van der Waals surface area contributed by atoms with Crippen molar-refractivity contribution >= 4 is 0 Å². The first-order chi connectivity index (χ1) is 9.36. The quantitative estimate of drug-likeness (QED) is 0.738. The van der Waals surface area contributed by atoms with E-state index in [4.69, 9.17) is 0 Å². The number of nitrogens with zero attached hydrogens (tertiary/aromatic N) is 2. The van der Waals surface area contributed by atoms with Crippen LogP contribution in [0.2, 0.25) is 0 Å². The standard InChI is InChI=1S/C17H33N3/c1-14(2)12-20(16-8-6-7-9-16)11-10-17(5,13-18)19-15(3)4/h14-16,19H,6-12H2,1-5H3. The molecule has 0 aliphatic heterocycles. The number of rotatable bonds is 8. The van der Waals surface area contributed by atoms with Crippen LogP contribution in [0, 0.1) is 17.2 Å². The lowest BCUT2D eigenvalue weighted by Crippen LogP contribution is -2.48. The van der Waals surface area contributed by atoms with Gasteiger partial charge in [0.1, 0.15) is 5.54 Å². The summed E-state index contributed by atoms with van der Waals surface area (Å²) in [7, 11) is 0. The summed E-state index contributed by atoms with van der Waals surface area (Å²) < 4.78 is 0. The summed E-state index contributed by atoms with van der Waals surface area (Å²) in [5.41, 5.74) is -0.401. The van der Waals surface area contributed by atoms with Crippen LogP contribution in [0.3, 0.4) is 0 Å². The van der Waals surface area contributed by atoms with Gasteiger partial charge < -0.3 is 4.90 Å². The highest BCUT2D eigenvalue weighted by Crippen LogP contribution is 2.25. The van der Waals surface area contributed by atoms with Crippen molar-refractivity contribution in [2.75, 3.05) is 13.1 Å². The average molecular weight is 279 g/mol. The molecule has 1 rings (SSSR count). The largest absolute Gasteiger partial charge is 0.300 e. The maximum atomic E-state index is 9.46. The van der Waals surface area contributed by atoms with Gasteiger partial charge in [-0.25, -0.2) is 0 Å². The van der Waals surface area contributed by atoms with Gasteiger partial charge in [0, 0.05) is 25.2 Å². The predicted octanol–water partition coefficient (Wildman–Crippen LogP) is 3.56. The summed E-state index contributed by atoms with van der Waals surface area (Å²) in [4.78, 5) is 2.63. The Morgan fingerprint density at radius 3 is 2.30 bits per heavy atom. The fraction of sp³-hybridized carbons (Fsp3) is 0.941. The van der Waals surface area contributed by atoms with Crippen molar-refractivity contribution in [1.29, 1.82) is 5.26 Å². The summed E-state index contributed by atoms with van der Waals surface area (Å²) in [6.07, 6.45) is 6.34. The molecule has 0 bridgehead atoms. The molecule has 1 atom stereocenters. The van der Waals surface area contributed by atoms with Crippen LogP contribution in [0.4, 0.5) is 0 Å². The van der Waals surface area contributed by atoms with Crippen LogP contribution in [-0.4, -0.2) is 35.6 Å². The molecule has 0 saturated heterocycles. The number of hydrogen-bond acceptors (Lipinski definition) is 3. The summed E-state index contributed by atoms with van der Waals surface area (Å²) in [6, 6.07) is 3.57. The molecule has 0 radical (unpaired) electrons. The molecule has 0 spiro atoms. The van der Waals surface area contributed by atoms with Gasteiger partial charge in [-0.2, -0.15) is 5.26 Å². The maximum Gasteiger partial charge on any atom is 0.105 e. The Bertz CT molecular complexity index is 313. The molecule has 1 unspecified atom stereocenters. The zero-order chi connectivity index (χ0) is 15.2. The molecule has 20 heavy (non-hydrogen) atoms. The highest BCUT2D eigenvalue weighted by molar-refractivity contribution is 5.05. The summed E-state index contributed by atoms with van der Waals surface area (Å²) >= 11 is 0. The van der Waals surface area contributed by atoms with Crippen molar-refractivity contribution in [1.82, 2.24) is 10.2 Å². The average Bonchev–Trinajstić information content (AvgIpc) is 2.87. The molecule has 3 heteroatoms. The molecule has 1 saturated carbocycles. The zero-order valence-electron chi connectivity index (χ0n) is 14.1. The molecular weight excluding hydrogens is 246 g/mol. The smallest absolute Gasteiger partial charge is 0.105 e. The van der Waals surface area contributed by atoms with Crippen molar-refractivity contribution in [2.45, 2.75) is 84.3 Å². The van der Waals surface area contributed by atoms with E-state index in [1.54, 1.807) is 0 Å². The van der Waals surface area contributed by atoms with E-state index < -0.39 is 5.54 Å². The van der Waals surface area contributed by atoms with Crippen LogP contribution in [0.15, 0.2) is 0 Å². The minimum absolute atomic E-state index is 0.352. The molecule has 3 nitrogen and oxygen atoms in total. The molecule has 0 amide bonds. The minimum atomic E-state index is -0.401. The van der Waals surface area contributed by atoms with E-state index in [1.165, 1.54) is 25.7 Å². The molecule has 0 aromatic heterocycles. The number of nitrogens with one attached hydrogen (secondary N) is 1. The van der Waals surface area contributed by atoms with Crippen molar-refractivity contribution in [3.63, 3.8) is 0 Å². The highest BCUT2D eigenvalue weighted by atomic mass is 15.2. The van der Waals surface area contributed by atoms with Gasteiger partial charge >= 0.3 is 0 Å². The normalized spacial score (nSPS) is 19.8. The van der Waals surface area contributed by atoms with Crippen molar-refractivity contribution in [3.05, 3.63) is 0 Å². The van der Waals surface area contributed by atoms with E-state index >= 15 is 0 Å². The molecule has 0 heterocycles. The van der Waals surface area contributed by atoms with Crippen LogP contribution >= 0.6 is 0 Å². The molecular formula is C17H33N3. The van der Waals surface area contributed by atoms with Crippen LogP contribution in [0.1, 0.15) is 66.7 Å². The Balaban J connectivity index is 2.57. The predicted molar refractivity (Wildman–Crippen MR) is 85.6 cm³/mol. The van der Waals surface area contributed by atoms with Crippen LogP contribution in [-0.2, 0) is 0 Å². The van der Waals surface area contributed by atoms with E-state index in [2.05, 4.69) is 44.0 Å². The second-order valence-electron chi connectivity index (χ2n) is 7.32. The summed E-state index contributed by atoms with van der Waals surface area (Å²) in [5.74, 6) is 0.696. The van der Waals surface area contributed by atoms with Gasteiger partial charge in [0.15, 0.2) is 0 Å². The lowest BCUT2D eigenvalue weighted by atomic mass is 9.97. The van der Waals surface area contributed by atoms with Gasteiger partial charge in [0.25, 0.3) is 0 Å². The molecule has 1 N–H and O–H groups in total. The maximum absolute atomic E-state index is 9.46. The van der Waals surface area contributed by atoms with Gasteiger partial charge in [-0.3, -0.25) is 5.32 Å². The van der Waals surface area contributed by atoms with Gasteiger partial charge in [-0.15, -0.1) is 0 Å². The van der Waals surface area contributed by atoms with Crippen molar-refractivity contribution < 1.29 is 0 Å². The third kappa shape index (κ3) is 5.81. The van der Waals surface area contributed by atoms with Crippen molar-refractivity contribution in [3.8, 4) is 6.07 Å². The van der Waals surface area contributed by atoms with Crippen molar-refractivity contribution in [2.24, 2.45) is 5.92 Å². The highest BCUT2D eigenvalue weighted by Gasteiger charge is 2.28. The van der Waals surface area contributed by atoms with Gasteiger partial charge in [0.05, 0.1) is 6.07 Å². The Kier molecular flexibility index (Phi) is 6.99. The molecule has 1 aliphatic rings. The second kappa shape index (κ2) is 8.00. The molecule has 1 aliphatic carbocycles. The first kappa shape index (κ1) is 17.5. The summed E-state index contributed by atoms with van der Waals surface area (Å²) in [5, 5.41) is 12.9. The summed E-state index contributed by atoms with van der Waals surface area (Å²) in [6.45, 7) is 13.0.